The van der Waals surface area contributed by atoms with Gasteiger partial charge in [0.05, 0.1) is 43.8 Å². The smallest absolute Gasteiger partial charge is 0.206 e. The molecular formula is C25H28BrN3O4S. The average Bonchev–Trinajstić information content (AvgIpc) is 3.26. The van der Waals surface area contributed by atoms with E-state index in [2.05, 4.69) is 15.9 Å². The number of benzene rings is 2. The van der Waals surface area contributed by atoms with Crippen LogP contribution in [0, 0.1) is 0 Å². The van der Waals surface area contributed by atoms with E-state index in [0.717, 1.165) is 46.0 Å². The third-order valence-electron chi connectivity index (χ3n) is 5.83. The first-order valence-corrected chi connectivity index (χ1v) is 12.8. The number of nitrogens with zero attached hydrogens (tertiary/aromatic N) is 3. The van der Waals surface area contributed by atoms with Crippen molar-refractivity contribution in [3.05, 3.63) is 50.5 Å². The van der Waals surface area contributed by atoms with Gasteiger partial charge in [0.15, 0.2) is 11.5 Å². The normalized spacial score (nSPS) is 15.1. The number of aromatic nitrogens is 1. The molecular weight excluding hydrogens is 518 g/mol. The number of aromatic hydroxyl groups is 1. The van der Waals surface area contributed by atoms with Crippen LogP contribution in [0.1, 0.15) is 37.7 Å². The van der Waals surface area contributed by atoms with Gasteiger partial charge in [-0.25, -0.2) is 4.68 Å². The van der Waals surface area contributed by atoms with Crippen molar-refractivity contribution in [2.45, 2.75) is 38.1 Å². The molecule has 1 N–H and O–H groups in total. The maximum atomic E-state index is 10.1. The first-order valence-electron chi connectivity index (χ1n) is 11.1. The minimum absolute atomic E-state index is 0.0534. The van der Waals surface area contributed by atoms with Crippen LogP contribution in [0.2, 0.25) is 0 Å². The molecule has 0 unspecified atom stereocenters. The van der Waals surface area contributed by atoms with Crippen LogP contribution in [0.4, 0.5) is 0 Å². The predicted octanol–water partition coefficient (Wildman–Crippen LogP) is 5.83. The van der Waals surface area contributed by atoms with Crippen LogP contribution in [0.15, 0.2) is 50.3 Å². The summed E-state index contributed by atoms with van der Waals surface area (Å²) in [5, 5.41) is 17.0. The molecule has 0 saturated heterocycles. The second-order valence-electron chi connectivity index (χ2n) is 8.00. The molecule has 4 rings (SSSR count). The van der Waals surface area contributed by atoms with E-state index in [1.54, 1.807) is 43.9 Å². The molecule has 1 aliphatic carbocycles. The lowest BCUT2D eigenvalue weighted by Gasteiger charge is -2.17. The number of halogens is 1. The van der Waals surface area contributed by atoms with Crippen molar-refractivity contribution in [2.75, 3.05) is 21.3 Å². The Balaban J connectivity index is 1.84. The number of methoxy groups -OCH3 is 3. The van der Waals surface area contributed by atoms with Crippen LogP contribution in [0.3, 0.4) is 0 Å². The van der Waals surface area contributed by atoms with Crippen molar-refractivity contribution in [1.82, 2.24) is 4.68 Å². The number of rotatable bonds is 7. The summed E-state index contributed by atoms with van der Waals surface area (Å²) in [4.78, 5) is 5.89. The highest BCUT2D eigenvalue weighted by Crippen LogP contribution is 2.36. The summed E-state index contributed by atoms with van der Waals surface area (Å²) in [5.74, 6) is 1.88. The Hall–Kier alpha value is -2.78. The number of hydrogen-bond acceptors (Lipinski definition) is 7. The van der Waals surface area contributed by atoms with Crippen molar-refractivity contribution >= 4 is 33.5 Å². The third-order valence-corrected chi connectivity index (χ3v) is 7.26. The highest BCUT2D eigenvalue weighted by molar-refractivity contribution is 9.10. The number of ether oxygens (including phenoxy) is 3. The van der Waals surface area contributed by atoms with Crippen LogP contribution < -0.4 is 19.0 Å². The zero-order valence-corrected chi connectivity index (χ0v) is 21.9. The molecule has 0 spiro atoms. The van der Waals surface area contributed by atoms with Gasteiger partial charge in [-0.1, -0.05) is 19.3 Å². The van der Waals surface area contributed by atoms with Gasteiger partial charge in [-0.15, -0.1) is 11.3 Å². The topological polar surface area (TPSA) is 77.6 Å². The minimum atomic E-state index is 0.0534. The van der Waals surface area contributed by atoms with E-state index in [1.807, 2.05) is 28.3 Å². The highest BCUT2D eigenvalue weighted by Gasteiger charge is 2.17. The molecule has 1 heterocycles. The van der Waals surface area contributed by atoms with Gasteiger partial charge in [-0.2, -0.15) is 5.10 Å². The monoisotopic (exact) mass is 545 g/mol. The molecule has 34 heavy (non-hydrogen) atoms. The molecule has 2 aromatic carbocycles. The number of phenolic OH excluding ortho intramolecular Hbond substituents is 1. The quantitative estimate of drug-likeness (QED) is 0.379. The van der Waals surface area contributed by atoms with Crippen molar-refractivity contribution in [3.63, 3.8) is 0 Å². The summed E-state index contributed by atoms with van der Waals surface area (Å²) in [6.07, 6.45) is 7.62. The van der Waals surface area contributed by atoms with E-state index in [4.69, 9.17) is 24.3 Å². The molecule has 0 atom stereocenters. The lowest BCUT2D eigenvalue weighted by Crippen LogP contribution is -2.19. The Morgan fingerprint density at radius 3 is 2.50 bits per heavy atom. The summed E-state index contributed by atoms with van der Waals surface area (Å²) >= 11 is 4.94. The van der Waals surface area contributed by atoms with Gasteiger partial charge < -0.3 is 19.3 Å². The molecule has 9 heteroatoms. The Morgan fingerprint density at radius 2 is 1.79 bits per heavy atom. The Labute approximate surface area is 211 Å². The molecule has 1 saturated carbocycles. The fourth-order valence-electron chi connectivity index (χ4n) is 4.01. The highest BCUT2D eigenvalue weighted by atomic mass is 79.9. The first-order chi connectivity index (χ1) is 16.5. The van der Waals surface area contributed by atoms with Crippen molar-refractivity contribution in [2.24, 2.45) is 10.1 Å². The van der Waals surface area contributed by atoms with E-state index in [1.165, 1.54) is 26.4 Å². The van der Waals surface area contributed by atoms with Gasteiger partial charge in [-0.05, 0) is 64.7 Å². The van der Waals surface area contributed by atoms with E-state index in [-0.39, 0.29) is 5.75 Å². The lowest BCUT2D eigenvalue weighted by atomic mass is 9.96. The summed E-state index contributed by atoms with van der Waals surface area (Å²) in [7, 11) is 4.81. The maximum absolute atomic E-state index is 10.1. The van der Waals surface area contributed by atoms with E-state index in [0.29, 0.717) is 16.3 Å². The van der Waals surface area contributed by atoms with Gasteiger partial charge in [0.2, 0.25) is 4.80 Å². The van der Waals surface area contributed by atoms with Crippen LogP contribution in [0.5, 0.6) is 23.0 Å². The molecule has 1 fully saturated rings. The van der Waals surface area contributed by atoms with Crippen molar-refractivity contribution < 1.29 is 19.3 Å². The van der Waals surface area contributed by atoms with E-state index < -0.39 is 0 Å². The van der Waals surface area contributed by atoms with Crippen LogP contribution in [-0.2, 0) is 0 Å². The Bertz CT molecular complexity index is 1250. The van der Waals surface area contributed by atoms with Gasteiger partial charge in [-0.3, -0.25) is 4.99 Å². The van der Waals surface area contributed by atoms with Crippen molar-refractivity contribution in [1.29, 1.82) is 0 Å². The standard InChI is InChI=1S/C25H28BrN3O4S/c1-31-18-9-10-22(32-2)19(13-18)21-15-34-25(28-17-7-5-4-6-8-17)29(21)27-14-16-11-20(26)24(30)23(12-16)33-3/h9-15,17,30H,4-8H2,1-3H3. The molecule has 1 aliphatic rings. The first kappa shape index (κ1) is 24.3. The lowest BCUT2D eigenvalue weighted by molar-refractivity contribution is 0.372. The van der Waals surface area contributed by atoms with E-state index >= 15 is 0 Å². The molecule has 0 aliphatic heterocycles. The Morgan fingerprint density at radius 1 is 1.03 bits per heavy atom. The number of phenols is 1. The number of hydrogen-bond donors (Lipinski definition) is 1. The average molecular weight is 546 g/mol. The van der Waals surface area contributed by atoms with Crippen molar-refractivity contribution in [3.8, 4) is 34.3 Å². The molecule has 3 aromatic rings. The predicted molar refractivity (Wildman–Crippen MR) is 139 cm³/mol. The molecule has 180 valence electrons. The molecule has 0 radical (unpaired) electrons. The summed E-state index contributed by atoms with van der Waals surface area (Å²) in [6, 6.07) is 9.53. The molecule has 1 aromatic heterocycles. The summed E-state index contributed by atoms with van der Waals surface area (Å²) in [6.45, 7) is 0. The fraction of sp³-hybridized carbons (Fsp3) is 0.360. The SMILES string of the molecule is COc1ccc(OC)c(-c2csc(=NC3CCCCC3)n2N=Cc2cc(Br)c(O)c(OC)c2)c1. The fourth-order valence-corrected chi connectivity index (χ4v) is 5.37. The molecule has 7 nitrogen and oxygen atoms in total. The van der Waals surface area contributed by atoms with Crippen LogP contribution in [-0.4, -0.2) is 43.4 Å². The third kappa shape index (κ3) is 5.31. The number of thiazole rings is 1. The van der Waals surface area contributed by atoms with Gasteiger partial charge >= 0.3 is 0 Å². The largest absolute Gasteiger partial charge is 0.503 e. The second-order valence-corrected chi connectivity index (χ2v) is 9.69. The minimum Gasteiger partial charge on any atom is -0.503 e. The van der Waals surface area contributed by atoms with Gasteiger partial charge in [0.1, 0.15) is 11.5 Å². The van der Waals surface area contributed by atoms with Crippen LogP contribution >= 0.6 is 27.3 Å². The molecule has 0 amide bonds. The van der Waals surface area contributed by atoms with Gasteiger partial charge in [0, 0.05) is 10.9 Å². The zero-order valence-electron chi connectivity index (χ0n) is 19.5. The summed E-state index contributed by atoms with van der Waals surface area (Å²) in [5.41, 5.74) is 2.49. The molecule has 0 bridgehead atoms. The Kier molecular flexibility index (Phi) is 7.95. The zero-order chi connectivity index (χ0) is 24.1. The second kappa shape index (κ2) is 11.1. The van der Waals surface area contributed by atoms with Crippen LogP contribution in [0.25, 0.3) is 11.3 Å². The van der Waals surface area contributed by atoms with E-state index in [9.17, 15) is 5.11 Å². The maximum Gasteiger partial charge on any atom is 0.206 e. The summed E-state index contributed by atoms with van der Waals surface area (Å²) < 4.78 is 18.8. The van der Waals surface area contributed by atoms with Gasteiger partial charge in [0.25, 0.3) is 0 Å².